The number of aryl methyl sites for hydroxylation is 1. The Morgan fingerprint density at radius 2 is 1.50 bits per heavy atom. The number of rotatable bonds is 6. The van der Waals surface area contributed by atoms with Crippen LogP contribution in [0, 0.1) is 6.92 Å². The third-order valence-corrected chi connectivity index (χ3v) is 5.89. The summed E-state index contributed by atoms with van der Waals surface area (Å²) >= 11 is 6.13. The molecule has 0 radical (unpaired) electrons. The van der Waals surface area contributed by atoms with Crippen LogP contribution < -0.4 is 4.72 Å². The molecule has 1 atom stereocenters. The lowest BCUT2D eigenvalue weighted by molar-refractivity contribution is 0.571. The van der Waals surface area contributed by atoms with Crippen molar-refractivity contribution < 1.29 is 8.42 Å². The Morgan fingerprint density at radius 1 is 0.885 bits per heavy atom. The van der Waals surface area contributed by atoms with Crippen LogP contribution in [0.5, 0.6) is 0 Å². The van der Waals surface area contributed by atoms with Crippen LogP contribution >= 0.6 is 11.6 Å². The van der Waals surface area contributed by atoms with Crippen molar-refractivity contribution in [2.45, 2.75) is 18.7 Å². The van der Waals surface area contributed by atoms with Crippen molar-refractivity contribution in [2.24, 2.45) is 0 Å². The van der Waals surface area contributed by atoms with Gasteiger partial charge in [0.25, 0.3) is 0 Å². The zero-order chi connectivity index (χ0) is 18.6. The van der Waals surface area contributed by atoms with E-state index in [1.54, 1.807) is 24.3 Å². The maximum Gasteiger partial charge on any atom is 0.216 e. The van der Waals surface area contributed by atoms with Gasteiger partial charge in [0.1, 0.15) is 0 Å². The molecule has 0 fully saturated rings. The number of benzene rings is 3. The molecule has 3 aromatic carbocycles. The quantitative estimate of drug-likeness (QED) is 0.658. The van der Waals surface area contributed by atoms with Gasteiger partial charge in [-0.25, -0.2) is 13.1 Å². The first-order valence-electron chi connectivity index (χ1n) is 8.30. The van der Waals surface area contributed by atoms with Crippen LogP contribution in [0.3, 0.4) is 0 Å². The van der Waals surface area contributed by atoms with Gasteiger partial charge in [0.05, 0.1) is 11.8 Å². The number of sulfonamides is 1. The van der Waals surface area contributed by atoms with Crippen molar-refractivity contribution in [1.29, 1.82) is 0 Å². The van der Waals surface area contributed by atoms with Crippen molar-refractivity contribution >= 4 is 21.6 Å². The van der Waals surface area contributed by atoms with Gasteiger partial charge in [-0.1, -0.05) is 84.4 Å². The fourth-order valence-electron chi connectivity index (χ4n) is 2.91. The normalized spacial score (nSPS) is 12.7. The standard InChI is InChI=1S/C21H20ClNO2S/c1-16-9-5-7-13-19(16)21(17-10-3-2-4-11-17)23-26(24,25)15-18-12-6-8-14-20(18)22/h2-14,21,23H,15H2,1H3/t21-/m0/s1. The van der Waals surface area contributed by atoms with Gasteiger partial charge >= 0.3 is 0 Å². The first kappa shape index (κ1) is 18.6. The van der Waals surface area contributed by atoms with Crippen molar-refractivity contribution in [2.75, 3.05) is 0 Å². The van der Waals surface area contributed by atoms with Crippen LogP contribution in [0.2, 0.25) is 5.02 Å². The lowest BCUT2D eigenvalue weighted by Gasteiger charge is -2.22. The molecule has 0 aliphatic heterocycles. The van der Waals surface area contributed by atoms with Crippen LogP contribution in [0.1, 0.15) is 28.3 Å². The molecule has 1 N–H and O–H groups in total. The van der Waals surface area contributed by atoms with Crippen LogP contribution in [0.25, 0.3) is 0 Å². The van der Waals surface area contributed by atoms with Crippen molar-refractivity contribution in [3.63, 3.8) is 0 Å². The van der Waals surface area contributed by atoms with Gasteiger partial charge < -0.3 is 0 Å². The molecule has 26 heavy (non-hydrogen) atoms. The molecule has 0 aromatic heterocycles. The highest BCUT2D eigenvalue weighted by molar-refractivity contribution is 7.88. The van der Waals surface area contributed by atoms with Crippen LogP contribution in [0.4, 0.5) is 0 Å². The molecule has 0 aliphatic rings. The van der Waals surface area contributed by atoms with E-state index in [2.05, 4.69) is 4.72 Å². The van der Waals surface area contributed by atoms with Gasteiger partial charge in [-0.3, -0.25) is 0 Å². The molecule has 3 aromatic rings. The molecule has 0 saturated carbocycles. The van der Waals surface area contributed by atoms with Crippen LogP contribution in [-0.4, -0.2) is 8.42 Å². The summed E-state index contributed by atoms with van der Waals surface area (Å²) in [6, 6.07) is 23.9. The van der Waals surface area contributed by atoms with Gasteiger partial charge in [-0.05, 0) is 35.2 Å². The average molecular weight is 386 g/mol. The van der Waals surface area contributed by atoms with Crippen molar-refractivity contribution in [3.05, 3.63) is 106 Å². The minimum atomic E-state index is -3.60. The van der Waals surface area contributed by atoms with E-state index in [0.29, 0.717) is 10.6 Å². The van der Waals surface area contributed by atoms with Crippen molar-refractivity contribution in [3.8, 4) is 0 Å². The molecule has 0 saturated heterocycles. The lowest BCUT2D eigenvalue weighted by atomic mass is 9.96. The highest BCUT2D eigenvalue weighted by Crippen LogP contribution is 2.27. The molecule has 0 amide bonds. The smallest absolute Gasteiger partial charge is 0.212 e. The van der Waals surface area contributed by atoms with E-state index in [4.69, 9.17) is 11.6 Å². The Labute approximate surface area is 159 Å². The Bertz CT molecular complexity index is 988. The van der Waals surface area contributed by atoms with Crippen LogP contribution in [0.15, 0.2) is 78.9 Å². The number of hydrogen-bond acceptors (Lipinski definition) is 2. The number of halogens is 1. The SMILES string of the molecule is Cc1ccccc1[C@@H](NS(=O)(=O)Cc1ccccc1Cl)c1ccccc1. The van der Waals surface area contributed by atoms with E-state index >= 15 is 0 Å². The van der Waals surface area contributed by atoms with E-state index < -0.39 is 16.1 Å². The summed E-state index contributed by atoms with van der Waals surface area (Å²) in [5, 5.41) is 0.449. The summed E-state index contributed by atoms with van der Waals surface area (Å²) in [4.78, 5) is 0. The molecular weight excluding hydrogens is 366 g/mol. The molecule has 3 nitrogen and oxygen atoms in total. The number of nitrogens with one attached hydrogen (secondary N) is 1. The third-order valence-electron chi connectivity index (χ3n) is 4.23. The predicted molar refractivity (Wildman–Crippen MR) is 107 cm³/mol. The summed E-state index contributed by atoms with van der Waals surface area (Å²) < 4.78 is 28.6. The second-order valence-corrected chi connectivity index (χ2v) is 8.33. The molecule has 5 heteroatoms. The van der Waals surface area contributed by atoms with E-state index in [-0.39, 0.29) is 5.75 Å². The summed E-state index contributed by atoms with van der Waals surface area (Å²) in [6.45, 7) is 1.98. The maximum atomic E-state index is 12.9. The Balaban J connectivity index is 1.96. The Hall–Kier alpha value is -2.14. The summed E-state index contributed by atoms with van der Waals surface area (Å²) in [5.41, 5.74) is 3.44. The molecule has 3 rings (SSSR count). The summed E-state index contributed by atoms with van der Waals surface area (Å²) in [5.74, 6) is -0.165. The first-order valence-corrected chi connectivity index (χ1v) is 10.3. The first-order chi connectivity index (χ1) is 12.5. The molecule has 0 unspecified atom stereocenters. The Morgan fingerprint density at radius 3 is 2.19 bits per heavy atom. The predicted octanol–water partition coefficient (Wildman–Crippen LogP) is 4.86. The minimum Gasteiger partial charge on any atom is -0.212 e. The topological polar surface area (TPSA) is 46.2 Å². The highest BCUT2D eigenvalue weighted by Gasteiger charge is 2.23. The highest BCUT2D eigenvalue weighted by atomic mass is 35.5. The average Bonchev–Trinajstić information content (AvgIpc) is 2.63. The van der Waals surface area contributed by atoms with Gasteiger partial charge in [-0.2, -0.15) is 0 Å². The molecule has 0 heterocycles. The van der Waals surface area contributed by atoms with Gasteiger partial charge in [0.2, 0.25) is 10.0 Å². The second kappa shape index (κ2) is 8.04. The molecule has 0 bridgehead atoms. The zero-order valence-electron chi connectivity index (χ0n) is 14.4. The van der Waals surface area contributed by atoms with E-state index in [1.807, 2.05) is 61.5 Å². The molecule has 0 aliphatic carbocycles. The van der Waals surface area contributed by atoms with Gasteiger partial charge in [-0.15, -0.1) is 0 Å². The van der Waals surface area contributed by atoms with E-state index in [1.165, 1.54) is 0 Å². The fourth-order valence-corrected chi connectivity index (χ4v) is 4.56. The minimum absolute atomic E-state index is 0.165. The fraction of sp³-hybridized carbons (Fsp3) is 0.143. The summed E-state index contributed by atoms with van der Waals surface area (Å²) in [7, 11) is -3.60. The monoisotopic (exact) mass is 385 g/mol. The Kier molecular flexibility index (Phi) is 5.77. The molecule has 134 valence electrons. The molecular formula is C21H20ClNO2S. The zero-order valence-corrected chi connectivity index (χ0v) is 16.0. The van der Waals surface area contributed by atoms with Gasteiger partial charge in [0.15, 0.2) is 0 Å². The third kappa shape index (κ3) is 4.52. The largest absolute Gasteiger partial charge is 0.216 e. The molecule has 0 spiro atoms. The van der Waals surface area contributed by atoms with E-state index in [0.717, 1.165) is 16.7 Å². The maximum absolute atomic E-state index is 12.9. The van der Waals surface area contributed by atoms with Gasteiger partial charge in [0, 0.05) is 5.02 Å². The van der Waals surface area contributed by atoms with Crippen LogP contribution in [-0.2, 0) is 15.8 Å². The van der Waals surface area contributed by atoms with E-state index in [9.17, 15) is 8.42 Å². The van der Waals surface area contributed by atoms with Crippen molar-refractivity contribution in [1.82, 2.24) is 4.72 Å². The number of hydrogen-bond donors (Lipinski definition) is 1. The second-order valence-electron chi connectivity index (χ2n) is 6.17. The summed E-state index contributed by atoms with van der Waals surface area (Å²) in [6.07, 6.45) is 0. The lowest BCUT2D eigenvalue weighted by Crippen LogP contribution is -2.31.